The van der Waals surface area contributed by atoms with Gasteiger partial charge in [0.05, 0.1) is 4.83 Å². The summed E-state index contributed by atoms with van der Waals surface area (Å²) < 4.78 is 0. The van der Waals surface area contributed by atoms with E-state index in [0.29, 0.717) is 17.8 Å². The van der Waals surface area contributed by atoms with Crippen LogP contribution in [-0.2, 0) is 4.79 Å². The first-order chi connectivity index (χ1) is 8.95. The van der Waals surface area contributed by atoms with E-state index in [-0.39, 0.29) is 22.6 Å². The summed E-state index contributed by atoms with van der Waals surface area (Å²) >= 11 is 3.35. The number of amides is 2. The van der Waals surface area contributed by atoms with E-state index in [1.807, 2.05) is 20.8 Å². The number of carbonyl (C=O) groups is 2. The molecule has 0 aliphatic rings. The Bertz CT molecular complexity index is 461. The third kappa shape index (κ3) is 4.67. The first kappa shape index (κ1) is 15.7. The van der Waals surface area contributed by atoms with E-state index < -0.39 is 0 Å². The van der Waals surface area contributed by atoms with Crippen molar-refractivity contribution in [2.45, 2.75) is 25.6 Å². The van der Waals surface area contributed by atoms with E-state index in [9.17, 15) is 9.59 Å². The maximum Gasteiger partial charge on any atom is 0.251 e. The van der Waals surface area contributed by atoms with Crippen LogP contribution in [0.3, 0.4) is 0 Å². The van der Waals surface area contributed by atoms with Crippen LogP contribution in [0.15, 0.2) is 24.3 Å². The minimum Gasteiger partial charge on any atom is -0.352 e. The second-order valence-corrected chi connectivity index (χ2v) is 5.56. The minimum absolute atomic E-state index is 0.108. The van der Waals surface area contributed by atoms with E-state index in [1.54, 1.807) is 24.3 Å². The normalized spacial score (nSPS) is 12.1. The molecule has 0 aliphatic heterocycles. The van der Waals surface area contributed by atoms with Crippen LogP contribution in [0.2, 0.25) is 0 Å². The van der Waals surface area contributed by atoms with E-state index in [2.05, 4.69) is 26.6 Å². The van der Waals surface area contributed by atoms with Gasteiger partial charge in [0.15, 0.2) is 0 Å². The SMILES string of the molecule is CCNC(=O)c1cccc(NC(=O)C(Br)C(C)C)c1. The molecule has 1 unspecified atom stereocenters. The summed E-state index contributed by atoms with van der Waals surface area (Å²) in [6, 6.07) is 6.90. The van der Waals surface area contributed by atoms with Crippen LogP contribution >= 0.6 is 15.9 Å². The van der Waals surface area contributed by atoms with Crippen molar-refractivity contribution in [1.82, 2.24) is 5.32 Å². The molecule has 0 radical (unpaired) electrons. The van der Waals surface area contributed by atoms with Crippen LogP contribution in [0, 0.1) is 5.92 Å². The number of rotatable bonds is 5. The molecule has 0 heterocycles. The maximum absolute atomic E-state index is 11.9. The number of carbonyl (C=O) groups excluding carboxylic acids is 2. The molecule has 4 nitrogen and oxygen atoms in total. The number of benzene rings is 1. The summed E-state index contributed by atoms with van der Waals surface area (Å²) in [6.45, 7) is 6.36. The molecule has 5 heteroatoms. The lowest BCUT2D eigenvalue weighted by atomic mass is 10.1. The van der Waals surface area contributed by atoms with Gasteiger partial charge in [-0.3, -0.25) is 9.59 Å². The molecular formula is C14H19BrN2O2. The lowest BCUT2D eigenvalue weighted by Gasteiger charge is -2.14. The Hall–Kier alpha value is -1.36. The van der Waals surface area contributed by atoms with Crippen LogP contribution in [-0.4, -0.2) is 23.2 Å². The van der Waals surface area contributed by atoms with Crippen LogP contribution in [0.4, 0.5) is 5.69 Å². The Kier molecular flexibility index (Phi) is 6.02. The Labute approximate surface area is 122 Å². The summed E-state index contributed by atoms with van der Waals surface area (Å²) in [5.74, 6) is -0.0486. The fraction of sp³-hybridized carbons (Fsp3) is 0.429. The topological polar surface area (TPSA) is 58.2 Å². The standard InChI is InChI=1S/C14H19BrN2O2/c1-4-16-13(18)10-6-5-7-11(8-10)17-14(19)12(15)9(2)3/h5-9,12H,4H2,1-3H3,(H,16,18)(H,17,19). The Morgan fingerprint density at radius 3 is 2.58 bits per heavy atom. The third-order valence-electron chi connectivity index (χ3n) is 2.57. The van der Waals surface area contributed by atoms with Gasteiger partial charge in [-0.25, -0.2) is 0 Å². The van der Waals surface area contributed by atoms with Gasteiger partial charge >= 0.3 is 0 Å². The highest BCUT2D eigenvalue weighted by atomic mass is 79.9. The lowest BCUT2D eigenvalue weighted by molar-refractivity contribution is -0.116. The summed E-state index contributed by atoms with van der Waals surface area (Å²) in [5.41, 5.74) is 1.16. The van der Waals surface area contributed by atoms with Crippen molar-refractivity contribution in [3.05, 3.63) is 29.8 Å². The van der Waals surface area contributed by atoms with Crippen molar-refractivity contribution in [3.8, 4) is 0 Å². The number of hydrogen-bond acceptors (Lipinski definition) is 2. The number of halogens is 1. The number of alkyl halides is 1. The zero-order valence-corrected chi connectivity index (χ0v) is 13.0. The molecule has 0 aromatic heterocycles. The van der Waals surface area contributed by atoms with E-state index in [4.69, 9.17) is 0 Å². The first-order valence-electron chi connectivity index (χ1n) is 6.29. The van der Waals surface area contributed by atoms with Crippen molar-refractivity contribution < 1.29 is 9.59 Å². The quantitative estimate of drug-likeness (QED) is 0.817. The van der Waals surface area contributed by atoms with E-state index in [0.717, 1.165) is 0 Å². The van der Waals surface area contributed by atoms with Gasteiger partial charge in [-0.2, -0.15) is 0 Å². The second kappa shape index (κ2) is 7.28. The monoisotopic (exact) mass is 326 g/mol. The average molecular weight is 327 g/mol. The maximum atomic E-state index is 11.9. The van der Waals surface area contributed by atoms with Gasteiger partial charge in [-0.05, 0) is 31.0 Å². The molecule has 0 fully saturated rings. The Morgan fingerprint density at radius 1 is 1.32 bits per heavy atom. The van der Waals surface area contributed by atoms with Gasteiger partial charge in [-0.1, -0.05) is 35.8 Å². The molecular weight excluding hydrogens is 308 g/mol. The molecule has 0 aliphatic carbocycles. The molecule has 0 spiro atoms. The Balaban J connectivity index is 2.77. The van der Waals surface area contributed by atoms with Crippen molar-refractivity contribution in [2.75, 3.05) is 11.9 Å². The molecule has 1 rings (SSSR count). The van der Waals surface area contributed by atoms with Gasteiger partial charge in [0.25, 0.3) is 5.91 Å². The van der Waals surface area contributed by atoms with Crippen molar-refractivity contribution in [2.24, 2.45) is 5.92 Å². The molecule has 0 bridgehead atoms. The predicted octanol–water partition coefficient (Wildman–Crippen LogP) is 2.79. The second-order valence-electron chi connectivity index (χ2n) is 4.58. The zero-order valence-electron chi connectivity index (χ0n) is 11.4. The molecule has 2 amide bonds. The minimum atomic E-state index is -0.249. The van der Waals surface area contributed by atoms with Crippen LogP contribution in [0.1, 0.15) is 31.1 Å². The highest BCUT2D eigenvalue weighted by Crippen LogP contribution is 2.16. The molecule has 1 aromatic carbocycles. The van der Waals surface area contributed by atoms with Crippen LogP contribution in [0.25, 0.3) is 0 Å². The van der Waals surface area contributed by atoms with E-state index in [1.165, 1.54) is 0 Å². The molecule has 19 heavy (non-hydrogen) atoms. The third-order valence-corrected chi connectivity index (χ3v) is 4.04. The highest BCUT2D eigenvalue weighted by Gasteiger charge is 2.18. The summed E-state index contributed by atoms with van der Waals surface area (Å²) in [5, 5.41) is 5.52. The van der Waals surface area contributed by atoms with Gasteiger partial charge in [0.1, 0.15) is 0 Å². The molecule has 2 N–H and O–H groups in total. The van der Waals surface area contributed by atoms with Crippen molar-refractivity contribution in [1.29, 1.82) is 0 Å². The summed E-state index contributed by atoms with van der Waals surface area (Å²) in [4.78, 5) is 23.3. The van der Waals surface area contributed by atoms with E-state index >= 15 is 0 Å². The summed E-state index contributed by atoms with van der Waals surface area (Å²) in [7, 11) is 0. The predicted molar refractivity (Wildman–Crippen MR) is 80.6 cm³/mol. The van der Waals surface area contributed by atoms with Crippen LogP contribution in [0.5, 0.6) is 0 Å². The number of hydrogen-bond donors (Lipinski definition) is 2. The molecule has 0 saturated heterocycles. The number of anilines is 1. The van der Waals surface area contributed by atoms with Gasteiger partial charge in [0, 0.05) is 17.8 Å². The molecule has 1 aromatic rings. The molecule has 1 atom stereocenters. The highest BCUT2D eigenvalue weighted by molar-refractivity contribution is 9.10. The fourth-order valence-corrected chi connectivity index (χ4v) is 1.63. The largest absolute Gasteiger partial charge is 0.352 e. The van der Waals surface area contributed by atoms with Gasteiger partial charge in [0.2, 0.25) is 5.91 Å². The lowest BCUT2D eigenvalue weighted by Crippen LogP contribution is -2.27. The molecule has 0 saturated carbocycles. The summed E-state index contributed by atoms with van der Waals surface area (Å²) in [6.07, 6.45) is 0. The van der Waals surface area contributed by atoms with Gasteiger partial charge in [-0.15, -0.1) is 0 Å². The van der Waals surface area contributed by atoms with Crippen LogP contribution < -0.4 is 10.6 Å². The first-order valence-corrected chi connectivity index (χ1v) is 7.20. The van der Waals surface area contributed by atoms with Gasteiger partial charge < -0.3 is 10.6 Å². The number of nitrogens with one attached hydrogen (secondary N) is 2. The zero-order chi connectivity index (χ0) is 14.4. The average Bonchev–Trinajstić information content (AvgIpc) is 2.38. The smallest absolute Gasteiger partial charge is 0.251 e. The van der Waals surface area contributed by atoms with Crippen molar-refractivity contribution in [3.63, 3.8) is 0 Å². The fourth-order valence-electron chi connectivity index (χ4n) is 1.51. The molecule has 104 valence electrons. The van der Waals surface area contributed by atoms with Crippen molar-refractivity contribution >= 4 is 33.4 Å². The Morgan fingerprint density at radius 2 is 2.00 bits per heavy atom.